The van der Waals surface area contributed by atoms with E-state index >= 15 is 0 Å². The Morgan fingerprint density at radius 3 is 2.48 bits per heavy atom. The maximum Gasteiger partial charge on any atom is 0.389 e. The van der Waals surface area contributed by atoms with E-state index in [1.54, 1.807) is 12.3 Å². The van der Waals surface area contributed by atoms with Gasteiger partial charge in [-0.2, -0.15) is 18.3 Å². The van der Waals surface area contributed by atoms with Crippen LogP contribution in [0.1, 0.15) is 85.1 Å². The van der Waals surface area contributed by atoms with Gasteiger partial charge in [0.1, 0.15) is 0 Å². The molecule has 2 aliphatic carbocycles. The molecule has 14 heteroatoms. The fraction of sp³-hybridized carbons (Fsp3) is 0.536. The SMILES string of the molecule is COc1cc(C(=O)N[C@H](c2cn3ncc(C(NC(=O)CCC(F)(F)F)C4CC4)cc3n2)C2CCC(F)(F)CC2)ccn1. The number of pyridine rings is 1. The van der Waals surface area contributed by atoms with E-state index in [1.165, 1.54) is 36.2 Å². The van der Waals surface area contributed by atoms with Crippen LogP contribution in [-0.2, 0) is 4.79 Å². The molecule has 0 spiro atoms. The number of hydrogen-bond donors (Lipinski definition) is 2. The van der Waals surface area contributed by atoms with Crippen LogP contribution < -0.4 is 15.4 Å². The Hall–Kier alpha value is -3.84. The van der Waals surface area contributed by atoms with E-state index in [9.17, 15) is 31.5 Å². The van der Waals surface area contributed by atoms with E-state index in [2.05, 4.69) is 25.7 Å². The monoisotopic (exact) mass is 594 g/mol. The van der Waals surface area contributed by atoms with Gasteiger partial charge in [-0.1, -0.05) is 0 Å². The second-order valence-corrected chi connectivity index (χ2v) is 11.0. The quantitative estimate of drug-likeness (QED) is 0.307. The number of halogens is 5. The van der Waals surface area contributed by atoms with Crippen LogP contribution in [0.5, 0.6) is 5.88 Å². The van der Waals surface area contributed by atoms with Crippen molar-refractivity contribution in [1.82, 2.24) is 30.2 Å². The van der Waals surface area contributed by atoms with Gasteiger partial charge in [-0.15, -0.1) is 0 Å². The van der Waals surface area contributed by atoms with Gasteiger partial charge in [0.05, 0.1) is 43.7 Å². The lowest BCUT2D eigenvalue weighted by Gasteiger charge is -2.33. The first-order valence-electron chi connectivity index (χ1n) is 13.8. The smallest absolute Gasteiger partial charge is 0.389 e. The molecule has 2 fully saturated rings. The molecule has 1 unspecified atom stereocenters. The molecular weight excluding hydrogens is 563 g/mol. The van der Waals surface area contributed by atoms with Crippen molar-refractivity contribution in [2.24, 2.45) is 11.8 Å². The number of rotatable bonds is 10. The van der Waals surface area contributed by atoms with Crippen molar-refractivity contribution >= 4 is 17.5 Å². The van der Waals surface area contributed by atoms with Gasteiger partial charge in [-0.25, -0.2) is 23.3 Å². The van der Waals surface area contributed by atoms with Crippen LogP contribution in [0, 0.1) is 11.8 Å². The molecule has 0 saturated heterocycles. The van der Waals surface area contributed by atoms with Crippen molar-refractivity contribution < 1.29 is 36.3 Å². The van der Waals surface area contributed by atoms with Crippen LogP contribution in [0.15, 0.2) is 36.8 Å². The Bertz CT molecular complexity index is 1430. The summed E-state index contributed by atoms with van der Waals surface area (Å²) in [4.78, 5) is 34.2. The zero-order valence-corrected chi connectivity index (χ0v) is 22.8. The molecule has 3 aromatic heterocycles. The number of nitrogens with one attached hydrogen (secondary N) is 2. The highest BCUT2D eigenvalue weighted by Gasteiger charge is 2.40. The third-order valence-corrected chi connectivity index (χ3v) is 7.81. The molecule has 42 heavy (non-hydrogen) atoms. The Morgan fingerprint density at radius 1 is 1.10 bits per heavy atom. The number of methoxy groups -OCH3 is 1. The van der Waals surface area contributed by atoms with Crippen molar-refractivity contribution in [2.45, 2.75) is 75.5 Å². The number of imidazole rings is 1. The normalized spacial score (nSPS) is 18.8. The van der Waals surface area contributed by atoms with Gasteiger partial charge >= 0.3 is 6.18 Å². The van der Waals surface area contributed by atoms with Crippen molar-refractivity contribution in [2.75, 3.05) is 7.11 Å². The molecule has 9 nitrogen and oxygen atoms in total. The van der Waals surface area contributed by atoms with Crippen LogP contribution in [0.3, 0.4) is 0 Å². The van der Waals surface area contributed by atoms with Crippen molar-refractivity contribution in [3.05, 3.63) is 53.6 Å². The molecule has 0 aliphatic heterocycles. The summed E-state index contributed by atoms with van der Waals surface area (Å²) in [7, 11) is 1.43. The summed E-state index contributed by atoms with van der Waals surface area (Å²) in [5, 5.41) is 10.1. The number of fused-ring (bicyclic) bond motifs is 1. The number of hydrogen-bond acceptors (Lipinski definition) is 6. The maximum atomic E-state index is 14.0. The minimum atomic E-state index is -4.43. The molecule has 2 aliphatic rings. The highest BCUT2D eigenvalue weighted by molar-refractivity contribution is 5.94. The molecule has 2 N–H and O–H groups in total. The molecule has 3 heterocycles. The van der Waals surface area contributed by atoms with E-state index in [0.717, 1.165) is 12.8 Å². The summed E-state index contributed by atoms with van der Waals surface area (Å²) < 4.78 is 72.4. The lowest BCUT2D eigenvalue weighted by atomic mass is 9.81. The summed E-state index contributed by atoms with van der Waals surface area (Å²) in [5.74, 6) is -3.89. The predicted molar refractivity (Wildman–Crippen MR) is 140 cm³/mol. The summed E-state index contributed by atoms with van der Waals surface area (Å²) in [6.45, 7) is 0. The number of carbonyl (C=O) groups excluding carboxylic acids is 2. The van der Waals surface area contributed by atoms with Crippen LogP contribution in [0.25, 0.3) is 5.65 Å². The third kappa shape index (κ3) is 7.32. The lowest BCUT2D eigenvalue weighted by Crippen LogP contribution is -2.37. The molecule has 226 valence electrons. The minimum absolute atomic E-state index is 0.0758. The number of amides is 2. The van der Waals surface area contributed by atoms with Gasteiger partial charge < -0.3 is 15.4 Å². The predicted octanol–water partition coefficient (Wildman–Crippen LogP) is 5.34. The van der Waals surface area contributed by atoms with Gasteiger partial charge in [0.25, 0.3) is 5.91 Å². The molecular formula is C28H31F5N6O3. The average molecular weight is 595 g/mol. The van der Waals surface area contributed by atoms with Crippen LogP contribution in [-0.4, -0.2) is 50.6 Å². The van der Waals surface area contributed by atoms with Gasteiger partial charge in [0.2, 0.25) is 17.7 Å². The summed E-state index contributed by atoms with van der Waals surface area (Å²) in [6.07, 6.45) is -0.340. The maximum absolute atomic E-state index is 14.0. The molecule has 5 rings (SSSR count). The van der Waals surface area contributed by atoms with E-state index in [4.69, 9.17) is 4.74 Å². The standard InChI is InChI=1S/C28H31F5N6O3/c1-42-23-13-18(7-11-34-23)26(41)38-25(17-4-8-27(29,30)9-5-17)20-15-39-21(36-20)12-19(14-35-39)24(16-2-3-16)37-22(40)6-10-28(31,32)33/h7,11-17,24-25H,2-6,8-10H2,1H3,(H,37,40)(H,38,41)/t24?,25-/m0/s1. The number of nitrogens with zero attached hydrogens (tertiary/aromatic N) is 4. The molecule has 0 aromatic carbocycles. The molecule has 3 aromatic rings. The molecule has 0 radical (unpaired) electrons. The van der Waals surface area contributed by atoms with Crippen LogP contribution in [0.4, 0.5) is 22.0 Å². The van der Waals surface area contributed by atoms with Crippen molar-refractivity contribution in [1.29, 1.82) is 0 Å². The largest absolute Gasteiger partial charge is 0.481 e. The number of alkyl halides is 5. The van der Waals surface area contributed by atoms with Crippen molar-refractivity contribution in [3.63, 3.8) is 0 Å². The van der Waals surface area contributed by atoms with Gasteiger partial charge in [0.15, 0.2) is 5.65 Å². The van der Waals surface area contributed by atoms with Gasteiger partial charge in [-0.05, 0) is 55.2 Å². The third-order valence-electron chi connectivity index (χ3n) is 7.81. The van der Waals surface area contributed by atoms with Crippen LogP contribution >= 0.6 is 0 Å². The molecule has 2 saturated carbocycles. The number of aromatic nitrogens is 4. The zero-order valence-electron chi connectivity index (χ0n) is 22.8. The summed E-state index contributed by atoms with van der Waals surface area (Å²) in [5.41, 5.74) is 1.71. The first-order valence-corrected chi connectivity index (χ1v) is 13.8. The first-order chi connectivity index (χ1) is 19.9. The Labute approximate surface area is 238 Å². The number of carbonyl (C=O) groups is 2. The molecule has 0 bridgehead atoms. The van der Waals surface area contributed by atoms with E-state index in [0.29, 0.717) is 16.9 Å². The minimum Gasteiger partial charge on any atom is -0.481 e. The highest BCUT2D eigenvalue weighted by atomic mass is 19.4. The Balaban J connectivity index is 1.40. The van der Waals surface area contributed by atoms with Crippen LogP contribution in [0.2, 0.25) is 0 Å². The highest BCUT2D eigenvalue weighted by Crippen LogP contribution is 2.43. The number of ether oxygens (including phenoxy) is 1. The Kier molecular flexibility index (Phi) is 8.33. The first kappa shape index (κ1) is 29.6. The summed E-state index contributed by atoms with van der Waals surface area (Å²) >= 11 is 0. The van der Waals surface area contributed by atoms with E-state index < -0.39 is 48.8 Å². The zero-order chi connectivity index (χ0) is 30.1. The van der Waals surface area contributed by atoms with E-state index in [-0.39, 0.29) is 49.0 Å². The Morgan fingerprint density at radius 2 is 1.81 bits per heavy atom. The second kappa shape index (κ2) is 11.8. The fourth-order valence-corrected chi connectivity index (χ4v) is 5.35. The average Bonchev–Trinajstić information content (AvgIpc) is 3.71. The lowest BCUT2D eigenvalue weighted by molar-refractivity contribution is -0.144. The van der Waals surface area contributed by atoms with Gasteiger partial charge in [-0.3, -0.25) is 9.59 Å². The molecule has 2 atom stereocenters. The molecule has 2 amide bonds. The van der Waals surface area contributed by atoms with Gasteiger partial charge in [0, 0.05) is 37.1 Å². The second-order valence-electron chi connectivity index (χ2n) is 11.0. The summed E-state index contributed by atoms with van der Waals surface area (Å²) in [6, 6.07) is 3.48. The topological polar surface area (TPSA) is 111 Å². The van der Waals surface area contributed by atoms with E-state index in [1.807, 2.05) is 0 Å². The fourth-order valence-electron chi connectivity index (χ4n) is 5.35. The van der Waals surface area contributed by atoms with Crippen molar-refractivity contribution in [3.8, 4) is 5.88 Å².